The van der Waals surface area contributed by atoms with Crippen LogP contribution in [0.25, 0.3) is 11.2 Å². The molecule has 1 fully saturated rings. The van der Waals surface area contributed by atoms with Crippen LogP contribution < -0.4 is 17.0 Å². The van der Waals surface area contributed by atoms with Gasteiger partial charge in [0.15, 0.2) is 11.2 Å². The highest BCUT2D eigenvalue weighted by Crippen LogP contribution is 2.32. The van der Waals surface area contributed by atoms with Gasteiger partial charge in [-0.1, -0.05) is 0 Å². The van der Waals surface area contributed by atoms with E-state index in [-0.39, 0.29) is 17.5 Å². The standard InChI is InChI=1S/C10H14N6O/c11-5-2-1-4(3-5)7-13-6-8(14-7)15-10(12)16-9(6)17/h4-5H,1-3,11H2,(H4,12,13,14,15,16,17)/t4-,5+/m1/s1. The quantitative estimate of drug-likeness (QED) is 0.544. The van der Waals surface area contributed by atoms with Gasteiger partial charge in [-0.05, 0) is 19.3 Å². The van der Waals surface area contributed by atoms with Crippen LogP contribution in [0.15, 0.2) is 4.79 Å². The first-order chi connectivity index (χ1) is 8.13. The second-order valence-corrected chi connectivity index (χ2v) is 4.54. The van der Waals surface area contributed by atoms with Gasteiger partial charge in [0, 0.05) is 12.0 Å². The molecule has 0 saturated heterocycles. The summed E-state index contributed by atoms with van der Waals surface area (Å²) >= 11 is 0. The fraction of sp³-hybridized carbons (Fsp3) is 0.500. The maximum atomic E-state index is 11.6. The summed E-state index contributed by atoms with van der Waals surface area (Å²) in [6.07, 6.45) is 2.88. The van der Waals surface area contributed by atoms with Crippen molar-refractivity contribution in [2.75, 3.05) is 5.73 Å². The van der Waals surface area contributed by atoms with Crippen molar-refractivity contribution in [3.8, 4) is 0 Å². The highest BCUT2D eigenvalue weighted by atomic mass is 16.1. The Morgan fingerprint density at radius 3 is 2.76 bits per heavy atom. The largest absolute Gasteiger partial charge is 0.369 e. The molecule has 1 saturated carbocycles. The van der Waals surface area contributed by atoms with E-state index in [1.54, 1.807) is 0 Å². The Hall–Kier alpha value is -1.89. The number of hydrogen-bond acceptors (Lipinski definition) is 5. The number of fused-ring (bicyclic) bond motifs is 1. The van der Waals surface area contributed by atoms with Gasteiger partial charge in [0.2, 0.25) is 5.95 Å². The number of anilines is 1. The summed E-state index contributed by atoms with van der Waals surface area (Å²) in [7, 11) is 0. The maximum Gasteiger partial charge on any atom is 0.278 e. The number of hydrogen-bond donors (Lipinski definition) is 4. The number of H-pyrrole nitrogens is 2. The Labute approximate surface area is 96.6 Å². The molecule has 2 atom stereocenters. The van der Waals surface area contributed by atoms with E-state index in [0.29, 0.717) is 17.1 Å². The first-order valence-corrected chi connectivity index (χ1v) is 5.64. The molecule has 6 N–H and O–H groups in total. The fourth-order valence-corrected chi connectivity index (χ4v) is 2.40. The van der Waals surface area contributed by atoms with Crippen LogP contribution in [0.3, 0.4) is 0 Å². The van der Waals surface area contributed by atoms with Gasteiger partial charge in [0.05, 0.1) is 0 Å². The summed E-state index contributed by atoms with van der Waals surface area (Å²) < 4.78 is 0. The number of nitrogens with zero attached hydrogens (tertiary/aromatic N) is 2. The minimum Gasteiger partial charge on any atom is -0.369 e. The van der Waals surface area contributed by atoms with E-state index < -0.39 is 0 Å². The topological polar surface area (TPSA) is 126 Å². The molecule has 0 aromatic carbocycles. The van der Waals surface area contributed by atoms with Gasteiger partial charge in [-0.15, -0.1) is 0 Å². The lowest BCUT2D eigenvalue weighted by molar-refractivity contribution is 0.651. The molecule has 17 heavy (non-hydrogen) atoms. The second-order valence-electron chi connectivity index (χ2n) is 4.54. The molecule has 2 heterocycles. The maximum absolute atomic E-state index is 11.6. The third kappa shape index (κ3) is 1.68. The lowest BCUT2D eigenvalue weighted by Gasteiger charge is -2.03. The summed E-state index contributed by atoms with van der Waals surface area (Å²) in [6, 6.07) is 0.226. The van der Waals surface area contributed by atoms with E-state index in [2.05, 4.69) is 19.9 Å². The molecular formula is C10H14N6O. The summed E-state index contributed by atoms with van der Waals surface area (Å²) in [5.41, 5.74) is 11.8. The van der Waals surface area contributed by atoms with Gasteiger partial charge in [-0.3, -0.25) is 9.78 Å². The van der Waals surface area contributed by atoms with Crippen LogP contribution in [0.2, 0.25) is 0 Å². The van der Waals surface area contributed by atoms with Crippen LogP contribution >= 0.6 is 0 Å². The van der Waals surface area contributed by atoms with Crippen molar-refractivity contribution >= 4 is 17.1 Å². The SMILES string of the molecule is Nc1nc2nc([C@@H]3CC[C@H](N)C3)[nH]c2c(=O)[nH]1. The van der Waals surface area contributed by atoms with Crippen LogP contribution in [-0.2, 0) is 0 Å². The molecule has 7 heteroatoms. The fourth-order valence-electron chi connectivity index (χ4n) is 2.40. The molecule has 2 aromatic heterocycles. The third-order valence-electron chi connectivity index (χ3n) is 3.26. The van der Waals surface area contributed by atoms with Crippen LogP contribution in [0.1, 0.15) is 31.0 Å². The molecule has 7 nitrogen and oxygen atoms in total. The molecule has 2 aromatic rings. The number of rotatable bonds is 1. The molecule has 1 aliphatic rings. The average molecular weight is 234 g/mol. The van der Waals surface area contributed by atoms with E-state index in [1.165, 1.54) is 0 Å². The van der Waals surface area contributed by atoms with Crippen LogP contribution in [0.5, 0.6) is 0 Å². The predicted molar refractivity (Wildman–Crippen MR) is 63.5 cm³/mol. The smallest absolute Gasteiger partial charge is 0.278 e. The summed E-state index contributed by atoms with van der Waals surface area (Å²) in [5.74, 6) is 1.17. The highest BCUT2D eigenvalue weighted by Gasteiger charge is 2.26. The van der Waals surface area contributed by atoms with E-state index in [0.717, 1.165) is 25.1 Å². The van der Waals surface area contributed by atoms with Gasteiger partial charge in [-0.2, -0.15) is 4.98 Å². The van der Waals surface area contributed by atoms with Crippen molar-refractivity contribution in [2.45, 2.75) is 31.2 Å². The van der Waals surface area contributed by atoms with Gasteiger partial charge in [-0.25, -0.2) is 4.98 Å². The summed E-state index contributed by atoms with van der Waals surface area (Å²) in [4.78, 5) is 25.4. The Balaban J connectivity index is 2.08. The Morgan fingerprint density at radius 2 is 2.06 bits per heavy atom. The zero-order valence-electron chi connectivity index (χ0n) is 9.23. The highest BCUT2D eigenvalue weighted by molar-refractivity contribution is 5.70. The zero-order valence-corrected chi connectivity index (χ0v) is 9.23. The normalized spacial score (nSPS) is 24.5. The molecule has 0 amide bonds. The monoisotopic (exact) mass is 234 g/mol. The minimum atomic E-state index is -0.284. The van der Waals surface area contributed by atoms with Gasteiger partial charge in [0.1, 0.15) is 5.82 Å². The van der Waals surface area contributed by atoms with Crippen LogP contribution in [0, 0.1) is 0 Å². The summed E-state index contributed by atoms with van der Waals surface area (Å²) in [6.45, 7) is 0. The van der Waals surface area contributed by atoms with Crippen molar-refractivity contribution in [1.29, 1.82) is 0 Å². The molecule has 1 aliphatic carbocycles. The number of nitrogens with two attached hydrogens (primary N) is 2. The van der Waals surface area contributed by atoms with E-state index in [1.807, 2.05) is 0 Å². The molecule has 0 aliphatic heterocycles. The number of aromatic nitrogens is 4. The molecule has 3 rings (SSSR count). The lowest BCUT2D eigenvalue weighted by Crippen LogP contribution is -2.14. The van der Waals surface area contributed by atoms with Crippen molar-refractivity contribution in [1.82, 2.24) is 19.9 Å². The first kappa shape index (κ1) is 10.3. The number of nitrogen functional groups attached to an aromatic ring is 1. The van der Waals surface area contributed by atoms with Crippen molar-refractivity contribution in [3.63, 3.8) is 0 Å². The first-order valence-electron chi connectivity index (χ1n) is 5.64. The van der Waals surface area contributed by atoms with Crippen molar-refractivity contribution in [2.24, 2.45) is 5.73 Å². The predicted octanol–water partition coefficient (Wildman–Crippen LogP) is -0.177. The Kier molecular flexibility index (Phi) is 2.15. The molecule has 0 radical (unpaired) electrons. The van der Waals surface area contributed by atoms with E-state index >= 15 is 0 Å². The van der Waals surface area contributed by atoms with E-state index in [4.69, 9.17) is 11.5 Å². The second kappa shape index (κ2) is 3.56. The van der Waals surface area contributed by atoms with Gasteiger partial charge < -0.3 is 16.5 Å². The summed E-state index contributed by atoms with van der Waals surface area (Å²) in [5, 5.41) is 0. The molecule has 0 unspecified atom stereocenters. The van der Waals surface area contributed by atoms with Gasteiger partial charge in [0.25, 0.3) is 5.56 Å². The number of aromatic amines is 2. The number of nitrogens with one attached hydrogen (secondary N) is 2. The van der Waals surface area contributed by atoms with Crippen molar-refractivity contribution in [3.05, 3.63) is 16.2 Å². The number of imidazole rings is 1. The minimum absolute atomic E-state index is 0.0867. The van der Waals surface area contributed by atoms with Crippen molar-refractivity contribution < 1.29 is 0 Å². The lowest BCUT2D eigenvalue weighted by atomic mass is 10.1. The van der Waals surface area contributed by atoms with Crippen LogP contribution in [0.4, 0.5) is 5.95 Å². The Morgan fingerprint density at radius 1 is 1.24 bits per heavy atom. The third-order valence-corrected chi connectivity index (χ3v) is 3.26. The zero-order chi connectivity index (χ0) is 12.0. The van der Waals surface area contributed by atoms with E-state index in [9.17, 15) is 4.79 Å². The Bertz CT molecular complexity index is 615. The molecule has 90 valence electrons. The van der Waals surface area contributed by atoms with Crippen LogP contribution in [-0.4, -0.2) is 26.0 Å². The molecular weight excluding hydrogens is 220 g/mol. The average Bonchev–Trinajstić information content (AvgIpc) is 2.83. The van der Waals surface area contributed by atoms with Gasteiger partial charge >= 0.3 is 0 Å². The molecule has 0 bridgehead atoms. The molecule has 0 spiro atoms.